The van der Waals surface area contributed by atoms with Crippen molar-refractivity contribution in [2.45, 2.75) is 58.3 Å². The zero-order chi connectivity index (χ0) is 15.3. The van der Waals surface area contributed by atoms with E-state index in [1.165, 1.54) is 0 Å². The molecule has 1 amide bonds. The van der Waals surface area contributed by atoms with Crippen molar-refractivity contribution in [1.82, 2.24) is 9.88 Å². The number of amides is 1. The van der Waals surface area contributed by atoms with Gasteiger partial charge in [0.1, 0.15) is 5.60 Å². The normalized spacial score (nSPS) is 19.6. The third-order valence-corrected chi connectivity index (χ3v) is 4.05. The highest BCUT2D eigenvalue weighted by molar-refractivity contribution is 7.09. The average molecular weight is 312 g/mol. The molecule has 21 heavy (non-hydrogen) atoms. The molecule has 0 aliphatic carbocycles. The van der Waals surface area contributed by atoms with Crippen molar-refractivity contribution >= 4 is 17.4 Å². The SMILES string of the molecule is CC(C)(C)OC(=O)N1CCCC[C@@H]1COCc1cncs1. The van der Waals surface area contributed by atoms with Crippen LogP contribution >= 0.6 is 11.3 Å². The second-order valence-corrected chi connectivity index (χ2v) is 7.28. The number of nitrogens with zero attached hydrogens (tertiary/aromatic N) is 2. The van der Waals surface area contributed by atoms with Gasteiger partial charge in [-0.25, -0.2) is 4.79 Å². The summed E-state index contributed by atoms with van der Waals surface area (Å²) in [5, 5.41) is 0. The van der Waals surface area contributed by atoms with Gasteiger partial charge >= 0.3 is 6.09 Å². The van der Waals surface area contributed by atoms with Crippen molar-refractivity contribution in [2.24, 2.45) is 0 Å². The number of rotatable bonds is 4. The Morgan fingerprint density at radius 3 is 2.95 bits per heavy atom. The first-order valence-electron chi connectivity index (χ1n) is 7.40. The molecule has 1 fully saturated rings. The molecule has 0 bridgehead atoms. The van der Waals surface area contributed by atoms with Crippen LogP contribution in [0.3, 0.4) is 0 Å². The highest BCUT2D eigenvalue weighted by Crippen LogP contribution is 2.21. The predicted octanol–water partition coefficient (Wildman–Crippen LogP) is 3.45. The maximum Gasteiger partial charge on any atom is 0.410 e. The molecule has 2 heterocycles. The minimum atomic E-state index is -0.456. The van der Waals surface area contributed by atoms with Gasteiger partial charge in [-0.15, -0.1) is 11.3 Å². The maximum atomic E-state index is 12.3. The molecule has 0 spiro atoms. The van der Waals surface area contributed by atoms with E-state index in [1.54, 1.807) is 16.8 Å². The molecular formula is C15H24N2O3S. The summed E-state index contributed by atoms with van der Waals surface area (Å²) in [6, 6.07) is 0.113. The molecule has 2 rings (SSSR count). The van der Waals surface area contributed by atoms with Crippen LogP contribution in [0.5, 0.6) is 0 Å². The second-order valence-electron chi connectivity index (χ2n) is 6.31. The van der Waals surface area contributed by atoms with Crippen molar-refractivity contribution in [3.05, 3.63) is 16.6 Å². The lowest BCUT2D eigenvalue weighted by Gasteiger charge is -2.36. The highest BCUT2D eigenvalue weighted by atomic mass is 32.1. The molecule has 1 aliphatic rings. The number of carbonyl (C=O) groups is 1. The fraction of sp³-hybridized carbons (Fsp3) is 0.733. The molecule has 1 saturated heterocycles. The summed E-state index contributed by atoms with van der Waals surface area (Å²) in [6.45, 7) is 7.54. The Morgan fingerprint density at radius 1 is 1.48 bits per heavy atom. The van der Waals surface area contributed by atoms with E-state index in [-0.39, 0.29) is 12.1 Å². The lowest BCUT2D eigenvalue weighted by atomic mass is 10.0. The smallest absolute Gasteiger partial charge is 0.410 e. The third-order valence-electron chi connectivity index (χ3n) is 3.29. The molecule has 0 unspecified atom stereocenters. The van der Waals surface area contributed by atoms with Crippen molar-refractivity contribution in [3.63, 3.8) is 0 Å². The summed E-state index contributed by atoms with van der Waals surface area (Å²) in [7, 11) is 0. The first-order chi connectivity index (χ1) is 9.96. The molecule has 0 saturated carbocycles. The van der Waals surface area contributed by atoms with Gasteiger partial charge in [-0.3, -0.25) is 4.98 Å². The largest absolute Gasteiger partial charge is 0.444 e. The monoisotopic (exact) mass is 312 g/mol. The molecule has 5 nitrogen and oxygen atoms in total. The van der Waals surface area contributed by atoms with Crippen molar-refractivity contribution in [3.8, 4) is 0 Å². The van der Waals surface area contributed by atoms with Gasteiger partial charge in [0.25, 0.3) is 0 Å². The van der Waals surface area contributed by atoms with E-state index in [4.69, 9.17) is 9.47 Å². The molecular weight excluding hydrogens is 288 g/mol. The number of carbonyl (C=O) groups excluding carboxylic acids is 1. The quantitative estimate of drug-likeness (QED) is 0.854. The fourth-order valence-corrected chi connectivity index (χ4v) is 2.87. The van der Waals surface area contributed by atoms with Gasteiger partial charge < -0.3 is 14.4 Å². The van der Waals surface area contributed by atoms with Gasteiger partial charge in [0.2, 0.25) is 0 Å². The van der Waals surface area contributed by atoms with E-state index in [2.05, 4.69) is 4.98 Å². The molecule has 0 aromatic carbocycles. The molecule has 0 N–H and O–H groups in total. The number of aromatic nitrogens is 1. The Kier molecular flexibility index (Phi) is 5.58. The van der Waals surface area contributed by atoms with E-state index in [0.29, 0.717) is 13.2 Å². The minimum absolute atomic E-state index is 0.113. The Bertz CT molecular complexity index is 442. The van der Waals surface area contributed by atoms with Gasteiger partial charge in [-0.05, 0) is 40.0 Å². The van der Waals surface area contributed by atoms with Crippen LogP contribution in [-0.4, -0.2) is 40.8 Å². The van der Waals surface area contributed by atoms with Crippen LogP contribution in [-0.2, 0) is 16.1 Å². The Hall–Kier alpha value is -1.14. The zero-order valence-corrected chi connectivity index (χ0v) is 13.8. The number of ether oxygens (including phenoxy) is 2. The number of piperidine rings is 1. The third kappa shape index (κ3) is 5.28. The van der Waals surface area contributed by atoms with Crippen molar-refractivity contribution < 1.29 is 14.3 Å². The topological polar surface area (TPSA) is 51.7 Å². The summed E-state index contributed by atoms with van der Waals surface area (Å²) < 4.78 is 11.2. The maximum absolute atomic E-state index is 12.3. The molecule has 1 atom stereocenters. The summed E-state index contributed by atoms with van der Waals surface area (Å²) >= 11 is 1.58. The summed E-state index contributed by atoms with van der Waals surface area (Å²) in [5.74, 6) is 0. The number of likely N-dealkylation sites (tertiary alicyclic amines) is 1. The average Bonchev–Trinajstić information content (AvgIpc) is 2.90. The van der Waals surface area contributed by atoms with E-state index in [0.717, 1.165) is 30.7 Å². The molecule has 118 valence electrons. The fourth-order valence-electron chi connectivity index (χ4n) is 2.34. The first-order valence-corrected chi connectivity index (χ1v) is 8.28. The second kappa shape index (κ2) is 7.22. The summed E-state index contributed by atoms with van der Waals surface area (Å²) in [6.07, 6.45) is 4.73. The van der Waals surface area contributed by atoms with Crippen LogP contribution in [0, 0.1) is 0 Å². The van der Waals surface area contributed by atoms with E-state index >= 15 is 0 Å². The van der Waals surface area contributed by atoms with Crippen LogP contribution in [0.15, 0.2) is 11.7 Å². The molecule has 6 heteroatoms. The molecule has 1 aromatic rings. The van der Waals surface area contributed by atoms with Crippen molar-refractivity contribution in [1.29, 1.82) is 0 Å². The van der Waals surface area contributed by atoms with Gasteiger partial charge in [-0.2, -0.15) is 0 Å². The predicted molar refractivity (Wildman–Crippen MR) is 82.3 cm³/mol. The zero-order valence-electron chi connectivity index (χ0n) is 13.0. The van der Waals surface area contributed by atoms with Gasteiger partial charge in [-0.1, -0.05) is 0 Å². The van der Waals surface area contributed by atoms with Gasteiger partial charge in [0, 0.05) is 12.7 Å². The first kappa shape index (κ1) is 16.2. The summed E-state index contributed by atoms with van der Waals surface area (Å²) in [5.41, 5.74) is 1.34. The lowest BCUT2D eigenvalue weighted by Crippen LogP contribution is -2.48. The van der Waals surface area contributed by atoms with Gasteiger partial charge in [0.05, 0.1) is 29.6 Å². The Labute approximate surface area is 130 Å². The van der Waals surface area contributed by atoms with Crippen LogP contribution in [0.25, 0.3) is 0 Å². The highest BCUT2D eigenvalue weighted by Gasteiger charge is 2.30. The van der Waals surface area contributed by atoms with E-state index in [9.17, 15) is 4.79 Å². The Balaban J connectivity index is 1.84. The molecule has 1 aliphatic heterocycles. The summed E-state index contributed by atoms with van der Waals surface area (Å²) in [4.78, 5) is 19.2. The lowest BCUT2D eigenvalue weighted by molar-refractivity contribution is -0.00972. The van der Waals surface area contributed by atoms with E-state index < -0.39 is 5.60 Å². The molecule has 1 aromatic heterocycles. The van der Waals surface area contributed by atoms with Crippen LogP contribution < -0.4 is 0 Å². The van der Waals surface area contributed by atoms with Crippen LogP contribution in [0.1, 0.15) is 44.9 Å². The van der Waals surface area contributed by atoms with Crippen LogP contribution in [0.4, 0.5) is 4.79 Å². The standard InChI is InChI=1S/C15H24N2O3S/c1-15(2,3)20-14(18)17-7-5-4-6-12(17)9-19-10-13-8-16-11-21-13/h8,11-12H,4-7,9-10H2,1-3H3/t12-/m1/s1. The number of hydrogen-bond acceptors (Lipinski definition) is 5. The van der Waals surface area contributed by atoms with E-state index in [1.807, 2.05) is 31.9 Å². The van der Waals surface area contributed by atoms with Crippen LogP contribution in [0.2, 0.25) is 0 Å². The van der Waals surface area contributed by atoms with Crippen molar-refractivity contribution in [2.75, 3.05) is 13.2 Å². The Morgan fingerprint density at radius 2 is 2.29 bits per heavy atom. The molecule has 0 radical (unpaired) electrons. The minimum Gasteiger partial charge on any atom is -0.444 e. The number of thiazole rings is 1. The number of hydrogen-bond donors (Lipinski definition) is 0. The van der Waals surface area contributed by atoms with Gasteiger partial charge in [0.15, 0.2) is 0 Å².